The van der Waals surface area contributed by atoms with Crippen LogP contribution >= 0.6 is 11.6 Å². The zero-order valence-electron chi connectivity index (χ0n) is 14.1. The van der Waals surface area contributed by atoms with E-state index >= 15 is 0 Å². The molecule has 0 saturated carbocycles. The highest BCUT2D eigenvalue weighted by Crippen LogP contribution is 2.42. The van der Waals surface area contributed by atoms with Gasteiger partial charge in [0.25, 0.3) is 0 Å². The van der Waals surface area contributed by atoms with E-state index in [4.69, 9.17) is 11.6 Å². The minimum Gasteiger partial charge on any atom is -0.361 e. The maximum Gasteiger partial charge on any atom is 0.0629 e. The maximum absolute atomic E-state index is 6.72. The summed E-state index contributed by atoms with van der Waals surface area (Å²) in [6, 6.07) is 28.1. The molecule has 0 aliphatic heterocycles. The number of anilines is 1. The van der Waals surface area contributed by atoms with Crippen LogP contribution < -0.4 is 5.32 Å². The van der Waals surface area contributed by atoms with Crippen molar-refractivity contribution in [1.82, 2.24) is 0 Å². The first-order chi connectivity index (χ1) is 12.8. The van der Waals surface area contributed by atoms with Gasteiger partial charge in [-0.1, -0.05) is 72.3 Å². The number of nitrogens with zero attached hydrogens (tertiary/aromatic N) is 1. The van der Waals surface area contributed by atoms with Crippen molar-refractivity contribution in [3.63, 3.8) is 0 Å². The molecule has 0 unspecified atom stereocenters. The second kappa shape index (κ2) is 7.42. The number of aliphatic imine (C=N–C) groups is 1. The van der Waals surface area contributed by atoms with Crippen LogP contribution in [0.5, 0.6) is 0 Å². The van der Waals surface area contributed by atoms with Gasteiger partial charge in [-0.15, -0.1) is 0 Å². The van der Waals surface area contributed by atoms with E-state index < -0.39 is 0 Å². The van der Waals surface area contributed by atoms with E-state index in [1.165, 1.54) is 0 Å². The molecule has 0 spiro atoms. The van der Waals surface area contributed by atoms with Gasteiger partial charge in [0.2, 0.25) is 0 Å². The Bertz CT molecular complexity index is 1000. The smallest absolute Gasteiger partial charge is 0.0629 e. The molecule has 3 heteroatoms. The van der Waals surface area contributed by atoms with Gasteiger partial charge in [0.05, 0.1) is 10.7 Å². The van der Waals surface area contributed by atoms with E-state index in [0.29, 0.717) is 5.03 Å². The van der Waals surface area contributed by atoms with E-state index in [0.717, 1.165) is 33.6 Å². The minimum atomic E-state index is 0.703. The first-order valence-corrected chi connectivity index (χ1v) is 8.81. The molecule has 0 amide bonds. The summed E-state index contributed by atoms with van der Waals surface area (Å²) in [6.07, 6.45) is 3.81. The zero-order chi connectivity index (χ0) is 17.8. The molecule has 0 radical (unpaired) electrons. The van der Waals surface area contributed by atoms with Crippen molar-refractivity contribution < 1.29 is 0 Å². The fraction of sp³-hybridized carbons (Fsp3) is 0. The predicted molar refractivity (Wildman–Crippen MR) is 112 cm³/mol. The molecule has 1 aliphatic carbocycles. The molecule has 3 aromatic carbocycles. The molecule has 0 bridgehead atoms. The summed E-state index contributed by atoms with van der Waals surface area (Å²) in [5.74, 6) is 0. The summed E-state index contributed by atoms with van der Waals surface area (Å²) in [7, 11) is 0. The van der Waals surface area contributed by atoms with Crippen molar-refractivity contribution in [3.05, 3.63) is 107 Å². The Morgan fingerprint density at radius 3 is 2.08 bits per heavy atom. The second-order valence-corrected chi connectivity index (χ2v) is 6.31. The van der Waals surface area contributed by atoms with Gasteiger partial charge < -0.3 is 5.32 Å². The Balaban J connectivity index is 1.71. The number of benzene rings is 3. The van der Waals surface area contributed by atoms with Gasteiger partial charge in [-0.05, 0) is 35.4 Å². The van der Waals surface area contributed by atoms with Crippen molar-refractivity contribution in [3.8, 4) is 0 Å². The lowest BCUT2D eigenvalue weighted by molar-refractivity contribution is 1.54. The van der Waals surface area contributed by atoms with Crippen molar-refractivity contribution in [2.24, 2.45) is 4.99 Å². The van der Waals surface area contributed by atoms with Crippen LogP contribution in [0.25, 0.3) is 11.1 Å². The minimum absolute atomic E-state index is 0.703. The highest BCUT2D eigenvalue weighted by molar-refractivity contribution is 6.46. The lowest BCUT2D eigenvalue weighted by atomic mass is 10.0. The fourth-order valence-corrected chi connectivity index (χ4v) is 3.25. The van der Waals surface area contributed by atoms with Gasteiger partial charge in [-0.3, -0.25) is 4.99 Å². The number of fused-ring (bicyclic) bond motifs is 1. The van der Waals surface area contributed by atoms with E-state index in [1.54, 1.807) is 0 Å². The Morgan fingerprint density at radius 2 is 1.35 bits per heavy atom. The maximum atomic E-state index is 6.72. The molecule has 1 N–H and O–H groups in total. The molecular formula is C23H17ClN2. The van der Waals surface area contributed by atoms with Gasteiger partial charge in [0.1, 0.15) is 0 Å². The van der Waals surface area contributed by atoms with Crippen LogP contribution in [-0.4, -0.2) is 6.21 Å². The number of halogens is 1. The molecule has 0 heterocycles. The molecule has 0 fully saturated rings. The zero-order valence-corrected chi connectivity index (χ0v) is 14.8. The molecular weight excluding hydrogens is 340 g/mol. The summed E-state index contributed by atoms with van der Waals surface area (Å²) in [4.78, 5) is 4.58. The molecule has 0 atom stereocenters. The topological polar surface area (TPSA) is 24.4 Å². The van der Waals surface area contributed by atoms with Crippen LogP contribution in [0.2, 0.25) is 0 Å². The van der Waals surface area contributed by atoms with Gasteiger partial charge in [0.15, 0.2) is 0 Å². The third-order valence-electron chi connectivity index (χ3n) is 4.24. The van der Waals surface area contributed by atoms with Gasteiger partial charge in [0, 0.05) is 29.2 Å². The standard InChI is InChI=1S/C23H17ClN2/c24-23-21(15-25-17-9-3-1-4-10-17)19-13-7-8-14-20(19)22(23)16-26-18-11-5-2-6-12-18/h1-16,25H. The summed E-state index contributed by atoms with van der Waals surface area (Å²) < 4.78 is 0. The van der Waals surface area contributed by atoms with Crippen molar-refractivity contribution in [2.75, 3.05) is 5.32 Å². The van der Waals surface area contributed by atoms with Crippen LogP contribution in [0.4, 0.5) is 11.4 Å². The number of nitrogens with one attached hydrogen (secondary N) is 1. The first-order valence-electron chi connectivity index (χ1n) is 8.44. The van der Waals surface area contributed by atoms with E-state index in [-0.39, 0.29) is 0 Å². The summed E-state index contributed by atoms with van der Waals surface area (Å²) >= 11 is 6.72. The largest absolute Gasteiger partial charge is 0.361 e. The SMILES string of the molecule is ClC1=C(C=Nc2ccccc2)c2ccccc2C1=CNc1ccccc1. The molecule has 3 aromatic rings. The molecule has 1 aliphatic rings. The number of para-hydroxylation sites is 2. The fourth-order valence-electron chi connectivity index (χ4n) is 2.94. The van der Waals surface area contributed by atoms with Crippen molar-refractivity contribution in [1.29, 1.82) is 0 Å². The molecule has 2 nitrogen and oxygen atoms in total. The van der Waals surface area contributed by atoms with Crippen LogP contribution in [0, 0.1) is 0 Å². The molecule has 0 aromatic heterocycles. The summed E-state index contributed by atoms with van der Waals surface area (Å²) in [5.41, 5.74) is 6.04. The molecule has 126 valence electrons. The van der Waals surface area contributed by atoms with Crippen LogP contribution in [0.1, 0.15) is 11.1 Å². The third kappa shape index (κ3) is 3.32. The van der Waals surface area contributed by atoms with Crippen LogP contribution in [-0.2, 0) is 0 Å². The van der Waals surface area contributed by atoms with Crippen LogP contribution in [0.3, 0.4) is 0 Å². The Hall–Kier alpha value is -3.10. The highest BCUT2D eigenvalue weighted by Gasteiger charge is 2.23. The molecule has 0 saturated heterocycles. The number of rotatable bonds is 4. The summed E-state index contributed by atoms with van der Waals surface area (Å²) in [6.45, 7) is 0. The Kier molecular flexibility index (Phi) is 4.67. The predicted octanol–water partition coefficient (Wildman–Crippen LogP) is 6.51. The number of hydrogen-bond acceptors (Lipinski definition) is 2. The highest BCUT2D eigenvalue weighted by atomic mass is 35.5. The average molecular weight is 357 g/mol. The molecule has 4 rings (SSSR count). The second-order valence-electron chi connectivity index (χ2n) is 5.94. The lowest BCUT2D eigenvalue weighted by Gasteiger charge is -2.04. The Morgan fingerprint density at radius 1 is 0.731 bits per heavy atom. The van der Waals surface area contributed by atoms with Gasteiger partial charge in [-0.2, -0.15) is 0 Å². The quantitative estimate of drug-likeness (QED) is 0.530. The normalized spacial score (nSPS) is 14.9. The van der Waals surface area contributed by atoms with Gasteiger partial charge >= 0.3 is 0 Å². The number of hydrogen-bond donors (Lipinski definition) is 1. The lowest BCUT2D eigenvalue weighted by Crippen LogP contribution is -1.90. The summed E-state index contributed by atoms with van der Waals surface area (Å²) in [5, 5.41) is 4.03. The average Bonchev–Trinajstić information content (AvgIpc) is 2.97. The van der Waals surface area contributed by atoms with Gasteiger partial charge in [-0.25, -0.2) is 0 Å². The third-order valence-corrected chi connectivity index (χ3v) is 4.64. The monoisotopic (exact) mass is 356 g/mol. The van der Waals surface area contributed by atoms with E-state index in [1.807, 2.05) is 85.2 Å². The van der Waals surface area contributed by atoms with E-state index in [9.17, 15) is 0 Å². The van der Waals surface area contributed by atoms with Crippen molar-refractivity contribution in [2.45, 2.75) is 0 Å². The van der Waals surface area contributed by atoms with E-state index in [2.05, 4.69) is 22.4 Å². The van der Waals surface area contributed by atoms with Crippen molar-refractivity contribution >= 4 is 40.3 Å². The Labute approximate surface area is 158 Å². The number of allylic oxidation sites excluding steroid dienone is 3. The molecule has 26 heavy (non-hydrogen) atoms. The van der Waals surface area contributed by atoms with Crippen LogP contribution in [0.15, 0.2) is 101 Å². The first kappa shape index (κ1) is 16.4.